The highest BCUT2D eigenvalue weighted by molar-refractivity contribution is 5.97. The van der Waals surface area contributed by atoms with Gasteiger partial charge in [0.15, 0.2) is 12.4 Å². The Hall–Kier alpha value is -3.40. The van der Waals surface area contributed by atoms with Gasteiger partial charge in [0, 0.05) is 12.0 Å². The number of hydrogen-bond acceptors (Lipinski definition) is 5. The van der Waals surface area contributed by atoms with E-state index in [1.165, 1.54) is 36.4 Å². The SMILES string of the molecule is O=C(O)CCC(=O)c1cccc(OCC(=O)NOCc2ccc(C(F)(F)F)cc2)c1. The number of rotatable bonds is 10. The van der Waals surface area contributed by atoms with Crippen molar-refractivity contribution in [3.63, 3.8) is 0 Å². The molecule has 0 aliphatic heterocycles. The summed E-state index contributed by atoms with van der Waals surface area (Å²) >= 11 is 0. The van der Waals surface area contributed by atoms with E-state index in [1.807, 2.05) is 0 Å². The molecule has 2 N–H and O–H groups in total. The van der Waals surface area contributed by atoms with E-state index in [0.29, 0.717) is 5.56 Å². The number of ketones is 1. The minimum atomic E-state index is -4.43. The molecule has 2 aromatic carbocycles. The number of amides is 1. The summed E-state index contributed by atoms with van der Waals surface area (Å²) in [6.07, 6.45) is -4.87. The van der Waals surface area contributed by atoms with Crippen LogP contribution in [0, 0.1) is 0 Å². The minimum absolute atomic E-state index is 0.141. The van der Waals surface area contributed by atoms with E-state index in [-0.39, 0.29) is 36.5 Å². The summed E-state index contributed by atoms with van der Waals surface area (Å²) in [4.78, 5) is 39.1. The van der Waals surface area contributed by atoms with Crippen molar-refractivity contribution < 1.29 is 42.2 Å². The number of carboxylic acid groups (broad SMARTS) is 1. The lowest BCUT2D eigenvalue weighted by Gasteiger charge is -2.10. The van der Waals surface area contributed by atoms with Crippen molar-refractivity contribution in [2.45, 2.75) is 25.6 Å². The Morgan fingerprint density at radius 2 is 1.70 bits per heavy atom. The average molecular weight is 425 g/mol. The molecule has 0 atom stereocenters. The molecule has 0 aliphatic rings. The highest BCUT2D eigenvalue weighted by Gasteiger charge is 2.29. The number of carbonyl (C=O) groups excluding carboxylic acids is 2. The maximum Gasteiger partial charge on any atom is 0.416 e. The molecule has 0 spiro atoms. The molecule has 1 amide bonds. The molecule has 2 aromatic rings. The number of hydrogen-bond donors (Lipinski definition) is 2. The summed E-state index contributed by atoms with van der Waals surface area (Å²) in [7, 11) is 0. The number of alkyl halides is 3. The summed E-state index contributed by atoms with van der Waals surface area (Å²) < 4.78 is 42.7. The van der Waals surface area contributed by atoms with Gasteiger partial charge >= 0.3 is 12.1 Å². The van der Waals surface area contributed by atoms with Crippen molar-refractivity contribution in [2.24, 2.45) is 0 Å². The van der Waals surface area contributed by atoms with Crippen LogP contribution in [0.4, 0.5) is 13.2 Å². The fraction of sp³-hybridized carbons (Fsp3) is 0.250. The molecule has 0 fully saturated rings. The van der Waals surface area contributed by atoms with E-state index >= 15 is 0 Å². The predicted molar refractivity (Wildman–Crippen MR) is 97.5 cm³/mol. The summed E-state index contributed by atoms with van der Waals surface area (Å²) in [5.41, 5.74) is 2.00. The third-order valence-corrected chi connectivity index (χ3v) is 3.80. The van der Waals surface area contributed by atoms with Crippen LogP contribution in [0.1, 0.15) is 34.3 Å². The molecule has 0 bridgehead atoms. The van der Waals surface area contributed by atoms with E-state index in [1.54, 1.807) is 0 Å². The number of halogens is 3. The zero-order valence-electron chi connectivity index (χ0n) is 15.6. The van der Waals surface area contributed by atoms with Gasteiger partial charge in [-0.2, -0.15) is 13.2 Å². The first-order valence-corrected chi connectivity index (χ1v) is 8.70. The highest BCUT2D eigenvalue weighted by atomic mass is 19.4. The lowest BCUT2D eigenvalue weighted by Crippen LogP contribution is -2.29. The smallest absolute Gasteiger partial charge is 0.416 e. The number of carboxylic acids is 1. The van der Waals surface area contributed by atoms with Gasteiger partial charge in [-0.15, -0.1) is 0 Å². The number of aliphatic carboxylic acids is 1. The molecule has 10 heteroatoms. The fourth-order valence-corrected chi connectivity index (χ4v) is 2.29. The van der Waals surface area contributed by atoms with Crippen LogP contribution in [0.5, 0.6) is 5.75 Å². The Kier molecular flexibility index (Phi) is 7.93. The van der Waals surface area contributed by atoms with Crippen LogP contribution >= 0.6 is 0 Å². The molecular formula is C20H18F3NO6. The second kappa shape index (κ2) is 10.4. The van der Waals surface area contributed by atoms with Crippen LogP contribution in [0.25, 0.3) is 0 Å². The van der Waals surface area contributed by atoms with Crippen LogP contribution in [0.2, 0.25) is 0 Å². The van der Waals surface area contributed by atoms with Crippen molar-refractivity contribution in [3.8, 4) is 5.75 Å². The third kappa shape index (κ3) is 7.55. The molecule has 0 aromatic heterocycles. The van der Waals surface area contributed by atoms with Gasteiger partial charge in [0.25, 0.3) is 5.91 Å². The topological polar surface area (TPSA) is 102 Å². The van der Waals surface area contributed by atoms with Gasteiger partial charge in [0.2, 0.25) is 0 Å². The van der Waals surface area contributed by atoms with E-state index in [9.17, 15) is 27.6 Å². The van der Waals surface area contributed by atoms with Gasteiger partial charge in [-0.3, -0.25) is 19.2 Å². The van der Waals surface area contributed by atoms with Crippen molar-refractivity contribution >= 4 is 17.7 Å². The van der Waals surface area contributed by atoms with Crippen molar-refractivity contribution in [1.29, 1.82) is 0 Å². The van der Waals surface area contributed by atoms with Gasteiger partial charge in [-0.1, -0.05) is 24.3 Å². The number of ether oxygens (including phenoxy) is 1. The first-order valence-electron chi connectivity index (χ1n) is 8.70. The molecule has 7 nitrogen and oxygen atoms in total. The van der Waals surface area contributed by atoms with Crippen LogP contribution in [-0.4, -0.2) is 29.4 Å². The molecule has 0 radical (unpaired) electrons. The zero-order valence-corrected chi connectivity index (χ0v) is 15.6. The highest BCUT2D eigenvalue weighted by Crippen LogP contribution is 2.29. The van der Waals surface area contributed by atoms with E-state index in [0.717, 1.165) is 12.1 Å². The molecule has 2 rings (SSSR count). The van der Waals surface area contributed by atoms with E-state index < -0.39 is 30.2 Å². The van der Waals surface area contributed by atoms with Gasteiger partial charge in [0.1, 0.15) is 5.75 Å². The molecule has 30 heavy (non-hydrogen) atoms. The van der Waals surface area contributed by atoms with Crippen LogP contribution in [0.15, 0.2) is 48.5 Å². The molecular weight excluding hydrogens is 407 g/mol. The first kappa shape index (κ1) is 22.9. The summed E-state index contributed by atoms with van der Waals surface area (Å²) in [6, 6.07) is 10.2. The average Bonchev–Trinajstić information content (AvgIpc) is 2.70. The number of hydroxylamine groups is 1. The van der Waals surface area contributed by atoms with E-state index in [2.05, 4.69) is 5.48 Å². The Bertz CT molecular complexity index is 896. The van der Waals surface area contributed by atoms with Crippen LogP contribution < -0.4 is 10.2 Å². The maximum atomic E-state index is 12.5. The number of Topliss-reactive ketones (excluding diaryl/α,β-unsaturated/α-hetero) is 1. The largest absolute Gasteiger partial charge is 0.484 e. The summed E-state index contributed by atoms with van der Waals surface area (Å²) in [5, 5.41) is 8.62. The quantitative estimate of drug-likeness (QED) is 0.447. The van der Waals surface area contributed by atoms with Crippen LogP contribution in [-0.2, 0) is 27.2 Å². The monoisotopic (exact) mass is 425 g/mol. The summed E-state index contributed by atoms with van der Waals surface area (Å²) in [6.45, 7) is -0.572. The lowest BCUT2D eigenvalue weighted by atomic mass is 10.1. The normalized spacial score (nSPS) is 11.0. The Morgan fingerprint density at radius 1 is 1.00 bits per heavy atom. The Morgan fingerprint density at radius 3 is 2.33 bits per heavy atom. The summed E-state index contributed by atoms with van der Waals surface area (Å²) in [5.74, 6) is -1.87. The first-order chi connectivity index (χ1) is 14.1. The van der Waals surface area contributed by atoms with Crippen molar-refractivity contribution in [3.05, 3.63) is 65.2 Å². The zero-order chi connectivity index (χ0) is 22.1. The van der Waals surface area contributed by atoms with Crippen LogP contribution in [0.3, 0.4) is 0 Å². The second-order valence-corrected chi connectivity index (χ2v) is 6.14. The van der Waals surface area contributed by atoms with E-state index in [4.69, 9.17) is 14.7 Å². The maximum absolute atomic E-state index is 12.5. The van der Waals surface area contributed by atoms with Crippen molar-refractivity contribution in [2.75, 3.05) is 6.61 Å². The minimum Gasteiger partial charge on any atom is -0.484 e. The van der Waals surface area contributed by atoms with Gasteiger partial charge in [0.05, 0.1) is 18.6 Å². The molecule has 0 aliphatic carbocycles. The number of benzene rings is 2. The standard InChI is InChI=1S/C20H18F3NO6/c21-20(22,23)15-6-4-13(5-7-15)11-30-24-18(26)12-29-16-3-1-2-14(10-16)17(25)8-9-19(27)28/h1-7,10H,8-9,11-12H2,(H,24,26)(H,27,28). The van der Waals surface area contributed by atoms with Crippen molar-refractivity contribution in [1.82, 2.24) is 5.48 Å². The molecule has 0 saturated carbocycles. The third-order valence-electron chi connectivity index (χ3n) is 3.80. The Labute approximate surface area is 169 Å². The Balaban J connectivity index is 1.76. The van der Waals surface area contributed by atoms with Gasteiger partial charge in [-0.05, 0) is 29.8 Å². The molecule has 0 heterocycles. The molecule has 160 valence electrons. The lowest BCUT2D eigenvalue weighted by molar-refractivity contribution is -0.138. The fourth-order valence-electron chi connectivity index (χ4n) is 2.29. The van der Waals surface area contributed by atoms with Gasteiger partial charge < -0.3 is 9.84 Å². The predicted octanol–water partition coefficient (Wildman–Crippen LogP) is 3.38. The second-order valence-electron chi connectivity index (χ2n) is 6.14. The van der Waals surface area contributed by atoms with Gasteiger partial charge in [-0.25, -0.2) is 5.48 Å². The molecule has 0 saturated heterocycles. The molecule has 0 unspecified atom stereocenters. The number of nitrogens with one attached hydrogen (secondary N) is 1. The number of carbonyl (C=O) groups is 3.